The third kappa shape index (κ3) is 3.63. The van der Waals surface area contributed by atoms with Crippen LogP contribution in [-0.4, -0.2) is 59.3 Å². The van der Waals surface area contributed by atoms with Gasteiger partial charge in [-0.2, -0.15) is 0 Å². The minimum Gasteiger partial charge on any atom is -0.391 e. The molecule has 0 aromatic carbocycles. The van der Waals surface area contributed by atoms with E-state index in [0.29, 0.717) is 11.8 Å². The van der Waals surface area contributed by atoms with Gasteiger partial charge < -0.3 is 20.2 Å². The van der Waals surface area contributed by atoms with Crippen LogP contribution in [0.1, 0.15) is 39.0 Å². The summed E-state index contributed by atoms with van der Waals surface area (Å²) in [7, 11) is 0. The monoisotopic (exact) mass is 359 g/mol. The van der Waals surface area contributed by atoms with Crippen molar-refractivity contribution in [1.29, 1.82) is 0 Å². The number of carbonyl (C=O) groups excluding carboxylic acids is 1. The molecule has 0 spiro atoms. The third-order valence-electron chi connectivity index (χ3n) is 6.17. The van der Waals surface area contributed by atoms with E-state index in [4.69, 9.17) is 0 Å². The summed E-state index contributed by atoms with van der Waals surface area (Å²) in [5, 5.41) is 13.3. The molecule has 1 saturated carbocycles. The summed E-state index contributed by atoms with van der Waals surface area (Å²) in [6, 6.07) is 1.99. The van der Waals surface area contributed by atoms with E-state index in [-0.39, 0.29) is 11.9 Å². The first-order valence-corrected chi connectivity index (χ1v) is 9.87. The zero-order valence-corrected chi connectivity index (χ0v) is 15.5. The van der Waals surface area contributed by atoms with Crippen LogP contribution in [0, 0.1) is 11.8 Å². The average molecular weight is 359 g/mol. The van der Waals surface area contributed by atoms with Gasteiger partial charge in [0.25, 0.3) is 0 Å². The van der Waals surface area contributed by atoms with Crippen molar-refractivity contribution < 1.29 is 9.90 Å². The van der Waals surface area contributed by atoms with Gasteiger partial charge in [0.15, 0.2) is 0 Å². The van der Waals surface area contributed by atoms with Crippen molar-refractivity contribution in [3.63, 3.8) is 0 Å². The molecule has 4 rings (SSSR count). The van der Waals surface area contributed by atoms with Crippen LogP contribution in [0.2, 0.25) is 0 Å². The van der Waals surface area contributed by atoms with Gasteiger partial charge in [-0.25, -0.2) is 9.97 Å². The minimum absolute atomic E-state index is 0.0654. The summed E-state index contributed by atoms with van der Waals surface area (Å²) in [4.78, 5) is 25.1. The molecule has 0 radical (unpaired) electrons. The molecule has 1 aromatic heterocycles. The number of carbonyl (C=O) groups is 1. The van der Waals surface area contributed by atoms with E-state index in [2.05, 4.69) is 31.2 Å². The lowest BCUT2D eigenvalue weighted by atomic mass is 9.77. The predicted octanol–water partition coefficient (Wildman–Crippen LogP) is 1.18. The molecule has 2 aliphatic heterocycles. The van der Waals surface area contributed by atoms with Gasteiger partial charge in [0.1, 0.15) is 18.0 Å². The number of anilines is 2. The van der Waals surface area contributed by atoms with Crippen molar-refractivity contribution >= 4 is 17.5 Å². The van der Waals surface area contributed by atoms with E-state index < -0.39 is 6.10 Å². The van der Waals surface area contributed by atoms with Crippen LogP contribution in [0.5, 0.6) is 0 Å². The highest BCUT2D eigenvalue weighted by Crippen LogP contribution is 2.38. The maximum absolute atomic E-state index is 11.4. The third-order valence-corrected chi connectivity index (χ3v) is 6.17. The van der Waals surface area contributed by atoms with Crippen molar-refractivity contribution in [2.45, 2.75) is 51.2 Å². The Hall–Kier alpha value is -1.89. The minimum atomic E-state index is -0.450. The largest absolute Gasteiger partial charge is 0.391 e. The quantitative estimate of drug-likeness (QED) is 0.843. The molecule has 3 fully saturated rings. The second-order valence-corrected chi connectivity index (χ2v) is 8.05. The first-order chi connectivity index (χ1) is 12.6. The molecule has 3 aliphatic rings. The van der Waals surface area contributed by atoms with Crippen LogP contribution in [0.15, 0.2) is 12.4 Å². The molecule has 0 unspecified atom stereocenters. The molecule has 1 amide bonds. The van der Waals surface area contributed by atoms with Crippen LogP contribution in [0.25, 0.3) is 0 Å². The number of fused-ring (bicyclic) bond motifs is 1. The van der Waals surface area contributed by atoms with Gasteiger partial charge in [0.05, 0.1) is 12.1 Å². The molecule has 7 nitrogen and oxygen atoms in total. The molecule has 4 atom stereocenters. The number of rotatable bonds is 3. The van der Waals surface area contributed by atoms with E-state index in [1.54, 1.807) is 6.33 Å². The summed E-state index contributed by atoms with van der Waals surface area (Å²) in [5.74, 6) is 2.90. The van der Waals surface area contributed by atoms with E-state index >= 15 is 0 Å². The highest BCUT2D eigenvalue weighted by Gasteiger charge is 2.42. The Kier molecular flexibility index (Phi) is 4.98. The second-order valence-electron chi connectivity index (χ2n) is 8.05. The lowest BCUT2D eigenvalue weighted by molar-refractivity contribution is -0.121. The maximum atomic E-state index is 11.4. The molecule has 142 valence electrons. The number of amides is 1. The Morgan fingerprint density at radius 1 is 1.08 bits per heavy atom. The van der Waals surface area contributed by atoms with Gasteiger partial charge in [0.2, 0.25) is 5.91 Å². The van der Waals surface area contributed by atoms with Crippen LogP contribution in [0.4, 0.5) is 11.6 Å². The highest BCUT2D eigenvalue weighted by molar-refractivity contribution is 5.73. The van der Waals surface area contributed by atoms with Crippen LogP contribution >= 0.6 is 0 Å². The Bertz CT molecular complexity index is 649. The number of hydrogen-bond acceptors (Lipinski definition) is 6. The molecule has 1 aliphatic carbocycles. The number of hydrogen-bond donors (Lipinski definition) is 2. The van der Waals surface area contributed by atoms with Crippen molar-refractivity contribution in [2.24, 2.45) is 11.8 Å². The first kappa shape index (κ1) is 17.5. The van der Waals surface area contributed by atoms with Gasteiger partial charge >= 0.3 is 0 Å². The molecule has 1 aromatic rings. The maximum Gasteiger partial charge on any atom is 0.217 e. The fourth-order valence-electron chi connectivity index (χ4n) is 4.84. The van der Waals surface area contributed by atoms with Gasteiger partial charge in [-0.1, -0.05) is 0 Å². The number of aliphatic hydroxyl groups is 1. The van der Waals surface area contributed by atoms with Crippen molar-refractivity contribution in [1.82, 2.24) is 15.3 Å². The molecule has 3 heterocycles. The average Bonchev–Trinajstić information content (AvgIpc) is 3.05. The summed E-state index contributed by atoms with van der Waals surface area (Å²) in [5.41, 5.74) is 0. The van der Waals surface area contributed by atoms with Crippen molar-refractivity contribution in [2.75, 3.05) is 36.0 Å². The van der Waals surface area contributed by atoms with Crippen molar-refractivity contribution in [3.05, 3.63) is 12.4 Å². The zero-order chi connectivity index (χ0) is 18.1. The van der Waals surface area contributed by atoms with Crippen LogP contribution in [0.3, 0.4) is 0 Å². The molecule has 26 heavy (non-hydrogen) atoms. The van der Waals surface area contributed by atoms with Crippen molar-refractivity contribution in [3.8, 4) is 0 Å². The number of aliphatic hydroxyl groups excluding tert-OH is 1. The number of nitrogens with one attached hydrogen (secondary N) is 1. The SMILES string of the molecule is CC(=O)N[C@@H]1C[C@@H]2CN(c3cc(N4CCCCC4)ncn3)C[C@@H]2C[C@H]1O. The van der Waals surface area contributed by atoms with Crippen LogP contribution < -0.4 is 15.1 Å². The predicted molar refractivity (Wildman–Crippen MR) is 100 cm³/mol. The summed E-state index contributed by atoms with van der Waals surface area (Å²) in [6.07, 6.45) is 6.58. The van der Waals surface area contributed by atoms with Crippen LogP contribution in [-0.2, 0) is 4.79 Å². The summed E-state index contributed by atoms with van der Waals surface area (Å²) >= 11 is 0. The van der Waals surface area contributed by atoms with Gasteiger partial charge in [-0.05, 0) is 43.9 Å². The zero-order valence-electron chi connectivity index (χ0n) is 15.5. The highest BCUT2D eigenvalue weighted by atomic mass is 16.3. The van der Waals surface area contributed by atoms with E-state index in [1.165, 1.54) is 26.2 Å². The normalized spacial score (nSPS) is 31.6. The molecule has 2 N–H and O–H groups in total. The molecular formula is C19H29N5O2. The lowest BCUT2D eigenvalue weighted by Crippen LogP contribution is -2.48. The summed E-state index contributed by atoms with van der Waals surface area (Å²) < 4.78 is 0. The van der Waals surface area contributed by atoms with Gasteiger partial charge in [-0.3, -0.25) is 4.79 Å². The Labute approximate surface area is 154 Å². The second kappa shape index (κ2) is 7.39. The Morgan fingerprint density at radius 3 is 2.42 bits per heavy atom. The standard InChI is InChI=1S/C19H29N5O2/c1-13(25)22-16-7-14-10-24(11-15(14)8-17(16)26)19-9-18(20-12-21-19)23-5-3-2-4-6-23/h9,12,14-17,26H,2-8,10-11H2,1H3,(H,22,25)/t14-,15+,16-,17-/m1/s1. The number of aromatic nitrogens is 2. The number of nitrogens with zero attached hydrogens (tertiary/aromatic N) is 4. The fraction of sp³-hybridized carbons (Fsp3) is 0.737. The Balaban J connectivity index is 1.44. The fourth-order valence-corrected chi connectivity index (χ4v) is 4.84. The van der Waals surface area contributed by atoms with E-state index in [0.717, 1.165) is 50.7 Å². The molecule has 7 heteroatoms. The first-order valence-electron chi connectivity index (χ1n) is 9.87. The van der Waals surface area contributed by atoms with Gasteiger partial charge in [0, 0.05) is 39.2 Å². The molecule has 2 saturated heterocycles. The Morgan fingerprint density at radius 2 is 1.73 bits per heavy atom. The van der Waals surface area contributed by atoms with Gasteiger partial charge in [-0.15, -0.1) is 0 Å². The molecule has 0 bridgehead atoms. The number of piperidine rings is 1. The van der Waals surface area contributed by atoms with E-state index in [1.807, 2.05) is 0 Å². The smallest absolute Gasteiger partial charge is 0.217 e. The lowest BCUT2D eigenvalue weighted by Gasteiger charge is -2.35. The summed E-state index contributed by atoms with van der Waals surface area (Å²) in [6.45, 7) is 5.52. The molecular weight excluding hydrogens is 330 g/mol. The van der Waals surface area contributed by atoms with E-state index in [9.17, 15) is 9.90 Å². The topological polar surface area (TPSA) is 81.6 Å².